The quantitative estimate of drug-likeness (QED) is 0.673. The Kier molecular flexibility index (Phi) is 3.50. The van der Waals surface area contributed by atoms with Crippen molar-refractivity contribution in [1.29, 1.82) is 0 Å². The van der Waals surface area contributed by atoms with Gasteiger partial charge in [-0.1, -0.05) is 13.8 Å². The average molecular weight is 193 g/mol. The van der Waals surface area contributed by atoms with Crippen LogP contribution in [0.15, 0.2) is 12.1 Å². The minimum absolute atomic E-state index is 0.360. The van der Waals surface area contributed by atoms with Gasteiger partial charge in [0, 0.05) is 11.7 Å². The maximum Gasteiger partial charge on any atom is 0.166 e. The molecule has 1 rings (SSSR count). The molecule has 2 nitrogen and oxygen atoms in total. The predicted molar refractivity (Wildman–Crippen MR) is 58.7 cm³/mol. The van der Waals surface area contributed by atoms with Crippen molar-refractivity contribution in [2.75, 3.05) is 0 Å². The first-order valence-corrected chi connectivity index (χ1v) is 5.21. The molecule has 0 N–H and O–H groups in total. The Morgan fingerprint density at radius 2 is 1.93 bits per heavy atom. The van der Waals surface area contributed by atoms with Gasteiger partial charge in [-0.05, 0) is 38.3 Å². The monoisotopic (exact) mass is 193 g/mol. The van der Waals surface area contributed by atoms with E-state index in [1.54, 1.807) is 0 Å². The molecule has 0 aliphatic rings. The summed E-state index contributed by atoms with van der Waals surface area (Å²) in [4.78, 5) is 10.8. The number of carbonyl (C=O) groups excluding carboxylic acids is 1. The molecule has 0 aromatic carbocycles. The Balaban J connectivity index is 3.04. The van der Waals surface area contributed by atoms with Crippen molar-refractivity contribution in [3.63, 3.8) is 0 Å². The number of aldehydes is 1. The molecule has 0 amide bonds. The van der Waals surface area contributed by atoms with Crippen molar-refractivity contribution in [3.8, 4) is 0 Å². The molecule has 2 heteroatoms. The Hall–Kier alpha value is -1.05. The highest BCUT2D eigenvalue weighted by Gasteiger charge is 2.11. The van der Waals surface area contributed by atoms with Gasteiger partial charge in [-0.15, -0.1) is 0 Å². The third-order valence-electron chi connectivity index (χ3n) is 2.29. The molecule has 0 spiro atoms. The number of hydrogen-bond donors (Lipinski definition) is 0. The summed E-state index contributed by atoms with van der Waals surface area (Å²) in [6.45, 7) is 8.60. The lowest BCUT2D eigenvalue weighted by Crippen LogP contribution is -2.10. The van der Waals surface area contributed by atoms with Gasteiger partial charge in [0.2, 0.25) is 0 Å². The van der Waals surface area contributed by atoms with Crippen LogP contribution in [0.25, 0.3) is 0 Å². The average Bonchev–Trinajstić information content (AvgIpc) is 2.46. The Bertz CT molecular complexity index is 310. The molecule has 1 heterocycles. The highest BCUT2D eigenvalue weighted by molar-refractivity contribution is 5.72. The van der Waals surface area contributed by atoms with E-state index in [1.807, 2.05) is 6.07 Å². The SMILES string of the molecule is CC(C)Cc1ccc(C=O)n1C(C)C. The molecule has 78 valence electrons. The van der Waals surface area contributed by atoms with Crippen LogP contribution in [0.5, 0.6) is 0 Å². The lowest BCUT2D eigenvalue weighted by atomic mass is 10.1. The molecule has 0 aliphatic heterocycles. The number of carbonyl (C=O) groups is 1. The van der Waals surface area contributed by atoms with Gasteiger partial charge in [0.25, 0.3) is 0 Å². The minimum Gasteiger partial charge on any atom is -0.340 e. The third-order valence-corrected chi connectivity index (χ3v) is 2.29. The van der Waals surface area contributed by atoms with E-state index in [0.717, 1.165) is 18.4 Å². The maximum atomic E-state index is 10.8. The summed E-state index contributed by atoms with van der Waals surface area (Å²) >= 11 is 0. The molecule has 0 unspecified atom stereocenters. The fourth-order valence-corrected chi connectivity index (χ4v) is 1.82. The Labute approximate surface area is 85.9 Å². The van der Waals surface area contributed by atoms with Crippen LogP contribution in [-0.2, 0) is 6.42 Å². The standard InChI is InChI=1S/C12H19NO/c1-9(2)7-11-5-6-12(8-14)13(11)10(3)4/h5-6,8-10H,7H2,1-4H3. The molecule has 1 aromatic heterocycles. The second kappa shape index (κ2) is 4.45. The van der Waals surface area contributed by atoms with Crippen LogP contribution in [0.3, 0.4) is 0 Å². The van der Waals surface area contributed by atoms with Crippen LogP contribution in [0.4, 0.5) is 0 Å². The van der Waals surface area contributed by atoms with Gasteiger partial charge < -0.3 is 4.57 Å². The van der Waals surface area contributed by atoms with E-state index in [1.165, 1.54) is 5.69 Å². The van der Waals surface area contributed by atoms with Crippen LogP contribution in [0, 0.1) is 5.92 Å². The van der Waals surface area contributed by atoms with Crippen molar-refractivity contribution in [2.24, 2.45) is 5.92 Å². The molecule has 1 aromatic rings. The first-order chi connectivity index (χ1) is 6.56. The Morgan fingerprint density at radius 3 is 2.36 bits per heavy atom. The van der Waals surface area contributed by atoms with E-state index < -0.39 is 0 Å². The second-order valence-corrected chi connectivity index (χ2v) is 4.43. The molecule has 0 atom stereocenters. The number of nitrogens with zero attached hydrogens (tertiary/aromatic N) is 1. The van der Waals surface area contributed by atoms with Crippen LogP contribution in [0.1, 0.15) is 49.9 Å². The summed E-state index contributed by atoms with van der Waals surface area (Å²) in [5.41, 5.74) is 2.05. The molecule has 0 radical (unpaired) electrons. The molecule has 0 saturated carbocycles. The summed E-state index contributed by atoms with van der Waals surface area (Å²) in [6, 6.07) is 4.33. The zero-order valence-electron chi connectivity index (χ0n) is 9.45. The normalized spacial score (nSPS) is 11.3. The van der Waals surface area contributed by atoms with Gasteiger partial charge in [0.15, 0.2) is 6.29 Å². The summed E-state index contributed by atoms with van der Waals surface area (Å²) in [6.07, 6.45) is 1.97. The van der Waals surface area contributed by atoms with Crippen molar-refractivity contribution in [3.05, 3.63) is 23.5 Å². The number of hydrogen-bond acceptors (Lipinski definition) is 1. The third kappa shape index (κ3) is 2.25. The molecular formula is C12H19NO. The van der Waals surface area contributed by atoms with Gasteiger partial charge in [0.05, 0.1) is 5.69 Å². The zero-order chi connectivity index (χ0) is 10.7. The van der Waals surface area contributed by atoms with Crippen molar-refractivity contribution in [2.45, 2.75) is 40.2 Å². The number of rotatable bonds is 4. The summed E-state index contributed by atoms with van der Waals surface area (Å²) in [5.74, 6) is 0.627. The summed E-state index contributed by atoms with van der Waals surface area (Å²) < 4.78 is 2.12. The first kappa shape index (κ1) is 11.0. The van der Waals surface area contributed by atoms with Gasteiger partial charge >= 0.3 is 0 Å². The maximum absolute atomic E-state index is 10.8. The van der Waals surface area contributed by atoms with Crippen LogP contribution in [0.2, 0.25) is 0 Å². The van der Waals surface area contributed by atoms with E-state index >= 15 is 0 Å². The Morgan fingerprint density at radius 1 is 1.29 bits per heavy atom. The van der Waals surface area contributed by atoms with Crippen LogP contribution in [-0.4, -0.2) is 10.9 Å². The number of aromatic nitrogens is 1. The first-order valence-electron chi connectivity index (χ1n) is 5.21. The topological polar surface area (TPSA) is 22.0 Å². The van der Waals surface area contributed by atoms with Gasteiger partial charge in [-0.25, -0.2) is 0 Å². The fourth-order valence-electron chi connectivity index (χ4n) is 1.82. The largest absolute Gasteiger partial charge is 0.340 e. The van der Waals surface area contributed by atoms with Crippen molar-refractivity contribution < 1.29 is 4.79 Å². The van der Waals surface area contributed by atoms with E-state index in [2.05, 4.69) is 38.3 Å². The van der Waals surface area contributed by atoms with E-state index in [-0.39, 0.29) is 0 Å². The highest BCUT2D eigenvalue weighted by atomic mass is 16.1. The van der Waals surface area contributed by atoms with Gasteiger partial charge in [-0.3, -0.25) is 4.79 Å². The van der Waals surface area contributed by atoms with Crippen LogP contribution < -0.4 is 0 Å². The van der Waals surface area contributed by atoms with E-state index in [4.69, 9.17) is 0 Å². The molecule has 0 aliphatic carbocycles. The van der Waals surface area contributed by atoms with Crippen molar-refractivity contribution >= 4 is 6.29 Å². The lowest BCUT2D eigenvalue weighted by molar-refractivity contribution is 0.111. The minimum atomic E-state index is 0.360. The summed E-state index contributed by atoms with van der Waals surface area (Å²) in [7, 11) is 0. The summed E-state index contributed by atoms with van der Waals surface area (Å²) in [5, 5.41) is 0. The van der Waals surface area contributed by atoms with Crippen molar-refractivity contribution in [1.82, 2.24) is 4.57 Å². The highest BCUT2D eigenvalue weighted by Crippen LogP contribution is 2.17. The predicted octanol–water partition coefficient (Wildman–Crippen LogP) is 3.08. The fraction of sp³-hybridized carbons (Fsp3) is 0.583. The molecule has 0 fully saturated rings. The smallest absolute Gasteiger partial charge is 0.166 e. The van der Waals surface area contributed by atoms with Gasteiger partial charge in [-0.2, -0.15) is 0 Å². The lowest BCUT2D eigenvalue weighted by Gasteiger charge is -2.16. The molecular weight excluding hydrogens is 174 g/mol. The van der Waals surface area contributed by atoms with E-state index in [9.17, 15) is 4.79 Å². The molecule has 14 heavy (non-hydrogen) atoms. The van der Waals surface area contributed by atoms with Gasteiger partial charge in [0.1, 0.15) is 0 Å². The zero-order valence-corrected chi connectivity index (χ0v) is 9.45. The van der Waals surface area contributed by atoms with Crippen LogP contribution >= 0.6 is 0 Å². The molecule has 0 saturated heterocycles. The molecule has 0 bridgehead atoms. The van der Waals surface area contributed by atoms with E-state index in [0.29, 0.717) is 12.0 Å². The second-order valence-electron chi connectivity index (χ2n) is 4.43.